The van der Waals surface area contributed by atoms with Crippen LogP contribution >= 0.6 is 0 Å². The summed E-state index contributed by atoms with van der Waals surface area (Å²) in [5, 5.41) is 5.68. The Morgan fingerprint density at radius 3 is 2.51 bits per heavy atom. The number of carbonyl (C=O) groups excluding carboxylic acids is 1. The Kier molecular flexibility index (Phi) is 6.80. The predicted octanol–water partition coefficient (Wildman–Crippen LogP) is 6.56. The normalized spacial score (nSPS) is 11.3. The minimum absolute atomic E-state index is 0.00180. The Balaban J connectivity index is 1.38. The number of pyridine rings is 1. The molecule has 1 amide bonds. The molecule has 0 radical (unpaired) electrons. The molecule has 0 unspecified atom stereocenters. The van der Waals surface area contributed by atoms with Crippen LogP contribution < -0.4 is 10.6 Å². The smallest absolute Gasteiger partial charge is 0.342 e. The summed E-state index contributed by atoms with van der Waals surface area (Å²) in [4.78, 5) is 32.7. The van der Waals surface area contributed by atoms with Crippen molar-refractivity contribution >= 4 is 23.2 Å². The number of rotatable bonds is 6. The zero-order valence-corrected chi connectivity index (χ0v) is 20.8. The summed E-state index contributed by atoms with van der Waals surface area (Å²) in [5.74, 6) is -0.157. The Bertz CT molecular complexity index is 1650. The van der Waals surface area contributed by atoms with Crippen molar-refractivity contribution in [1.82, 2.24) is 24.9 Å². The number of alkyl halides is 3. The second kappa shape index (κ2) is 10.4. The van der Waals surface area contributed by atoms with Crippen molar-refractivity contribution in [3.63, 3.8) is 0 Å². The number of anilines is 3. The van der Waals surface area contributed by atoms with Crippen LogP contribution in [-0.2, 0) is 6.18 Å². The van der Waals surface area contributed by atoms with Gasteiger partial charge in [-0.05, 0) is 67.9 Å². The predicted molar refractivity (Wildman–Crippen MR) is 141 cm³/mol. The maximum atomic E-state index is 13.8. The van der Waals surface area contributed by atoms with Gasteiger partial charge in [0.2, 0.25) is 5.95 Å². The maximum absolute atomic E-state index is 13.8. The van der Waals surface area contributed by atoms with Crippen molar-refractivity contribution in [3.8, 4) is 22.6 Å². The third-order valence-electron chi connectivity index (χ3n) is 5.90. The molecule has 196 valence electrons. The largest absolute Gasteiger partial charge is 0.417 e. The van der Waals surface area contributed by atoms with Gasteiger partial charge in [0.05, 0.1) is 11.3 Å². The lowest BCUT2D eigenvalue weighted by Gasteiger charge is -2.15. The molecule has 3 heterocycles. The van der Waals surface area contributed by atoms with Crippen LogP contribution in [0.3, 0.4) is 0 Å². The van der Waals surface area contributed by atoms with Gasteiger partial charge >= 0.3 is 6.18 Å². The third kappa shape index (κ3) is 5.77. The topological polar surface area (TPSA) is 108 Å². The van der Waals surface area contributed by atoms with Crippen molar-refractivity contribution in [2.24, 2.45) is 0 Å². The number of carbonyl (C=O) groups is 1. The quantitative estimate of drug-likeness (QED) is 0.230. The van der Waals surface area contributed by atoms with Gasteiger partial charge in [0, 0.05) is 58.5 Å². The Morgan fingerprint density at radius 2 is 1.79 bits per heavy atom. The second-order valence-corrected chi connectivity index (χ2v) is 8.79. The van der Waals surface area contributed by atoms with E-state index < -0.39 is 17.6 Å². The summed E-state index contributed by atoms with van der Waals surface area (Å²) in [5.41, 5.74) is 2.74. The van der Waals surface area contributed by atoms with E-state index in [1.807, 2.05) is 13.0 Å². The molecular formula is C28H22F3N7O. The lowest BCUT2D eigenvalue weighted by Crippen LogP contribution is -2.14. The van der Waals surface area contributed by atoms with E-state index in [2.05, 4.69) is 35.6 Å². The van der Waals surface area contributed by atoms with Gasteiger partial charge in [0.1, 0.15) is 5.82 Å². The fourth-order valence-electron chi connectivity index (χ4n) is 3.93. The molecule has 0 aliphatic rings. The molecule has 8 nitrogen and oxygen atoms in total. The highest BCUT2D eigenvalue weighted by atomic mass is 19.4. The summed E-state index contributed by atoms with van der Waals surface area (Å²) in [6, 6.07) is 13.9. The molecule has 3 aromatic heterocycles. The van der Waals surface area contributed by atoms with Crippen molar-refractivity contribution in [1.29, 1.82) is 0 Å². The molecule has 0 saturated heterocycles. The first kappa shape index (κ1) is 25.6. The molecule has 0 aliphatic carbocycles. The van der Waals surface area contributed by atoms with E-state index in [1.54, 1.807) is 55.8 Å². The molecule has 11 heteroatoms. The highest BCUT2D eigenvalue weighted by molar-refractivity contribution is 6.05. The van der Waals surface area contributed by atoms with E-state index in [4.69, 9.17) is 0 Å². The van der Waals surface area contributed by atoms with Gasteiger partial charge in [-0.2, -0.15) is 13.2 Å². The summed E-state index contributed by atoms with van der Waals surface area (Å²) in [6.45, 7) is 3.55. The fourth-order valence-corrected chi connectivity index (χ4v) is 3.93. The van der Waals surface area contributed by atoms with Gasteiger partial charge in [0.25, 0.3) is 5.91 Å². The lowest BCUT2D eigenvalue weighted by molar-refractivity contribution is -0.137. The van der Waals surface area contributed by atoms with Gasteiger partial charge in [-0.15, -0.1) is 0 Å². The second-order valence-electron chi connectivity index (χ2n) is 8.79. The first-order valence-corrected chi connectivity index (χ1v) is 11.8. The number of aromatic amines is 1. The van der Waals surface area contributed by atoms with Crippen molar-refractivity contribution in [2.75, 3.05) is 10.6 Å². The summed E-state index contributed by atoms with van der Waals surface area (Å²) < 4.78 is 41.5. The first-order chi connectivity index (χ1) is 18.7. The SMILES string of the molecule is Cc1cnc(-c2ccc(NC(=O)c3ccc(C)c(Nc4nccc(-c5cccnc5)n4)c3)cc2C(F)(F)F)[nH]1. The molecule has 0 atom stereocenters. The van der Waals surface area contributed by atoms with Crippen LogP contribution in [0.5, 0.6) is 0 Å². The van der Waals surface area contributed by atoms with Crippen LogP contribution in [0.2, 0.25) is 0 Å². The van der Waals surface area contributed by atoms with E-state index >= 15 is 0 Å². The molecule has 2 aromatic carbocycles. The van der Waals surface area contributed by atoms with Crippen LogP contribution in [0.25, 0.3) is 22.6 Å². The van der Waals surface area contributed by atoms with Crippen LogP contribution in [0.15, 0.2) is 79.4 Å². The summed E-state index contributed by atoms with van der Waals surface area (Å²) in [7, 11) is 0. The van der Waals surface area contributed by atoms with Gasteiger partial charge in [-0.3, -0.25) is 9.78 Å². The number of nitrogens with zero attached hydrogens (tertiary/aromatic N) is 4. The standard InChI is InChI=1S/C28H22F3N7O/c1-16-5-6-18(12-24(16)38-27-33-11-9-23(37-27)19-4-3-10-32-15-19)26(39)36-20-7-8-21(22(13-20)28(29,30)31)25-34-14-17(2)35-25/h3-15H,1-2H3,(H,34,35)(H,36,39)(H,33,37,38). The summed E-state index contributed by atoms with van der Waals surface area (Å²) in [6.07, 6.45) is 1.77. The molecule has 3 N–H and O–H groups in total. The number of benzene rings is 2. The number of aryl methyl sites for hydroxylation is 2. The van der Waals surface area contributed by atoms with Crippen LogP contribution in [0, 0.1) is 13.8 Å². The van der Waals surface area contributed by atoms with E-state index in [9.17, 15) is 18.0 Å². The van der Waals surface area contributed by atoms with Gasteiger partial charge in [0.15, 0.2) is 0 Å². The molecular weight excluding hydrogens is 507 g/mol. The molecule has 0 aliphatic heterocycles. The van der Waals surface area contributed by atoms with Gasteiger partial charge in [-0.25, -0.2) is 15.0 Å². The van der Waals surface area contributed by atoms with E-state index in [-0.39, 0.29) is 22.6 Å². The number of amides is 1. The number of halogens is 3. The van der Waals surface area contributed by atoms with Crippen LogP contribution in [-0.4, -0.2) is 30.8 Å². The van der Waals surface area contributed by atoms with E-state index in [1.165, 1.54) is 18.3 Å². The monoisotopic (exact) mass is 529 g/mol. The average molecular weight is 530 g/mol. The van der Waals surface area contributed by atoms with Gasteiger partial charge < -0.3 is 15.6 Å². The Labute approximate surface area is 221 Å². The number of aromatic nitrogens is 5. The van der Waals surface area contributed by atoms with Crippen LogP contribution in [0.1, 0.15) is 27.2 Å². The Hall–Kier alpha value is -5.06. The average Bonchev–Trinajstić information content (AvgIpc) is 3.36. The van der Waals surface area contributed by atoms with Crippen molar-refractivity contribution in [3.05, 3.63) is 102 Å². The van der Waals surface area contributed by atoms with Crippen molar-refractivity contribution in [2.45, 2.75) is 20.0 Å². The number of nitrogens with one attached hydrogen (secondary N) is 3. The minimum atomic E-state index is -4.65. The highest BCUT2D eigenvalue weighted by Crippen LogP contribution is 2.38. The third-order valence-corrected chi connectivity index (χ3v) is 5.90. The highest BCUT2D eigenvalue weighted by Gasteiger charge is 2.35. The maximum Gasteiger partial charge on any atom is 0.417 e. The zero-order chi connectivity index (χ0) is 27.6. The molecule has 39 heavy (non-hydrogen) atoms. The molecule has 0 saturated carbocycles. The molecule has 5 aromatic rings. The molecule has 0 spiro atoms. The number of H-pyrrole nitrogens is 1. The molecule has 0 fully saturated rings. The van der Waals surface area contributed by atoms with E-state index in [0.717, 1.165) is 17.2 Å². The van der Waals surface area contributed by atoms with E-state index in [0.29, 0.717) is 23.0 Å². The van der Waals surface area contributed by atoms with Crippen LogP contribution in [0.4, 0.5) is 30.5 Å². The number of hydrogen-bond donors (Lipinski definition) is 3. The zero-order valence-electron chi connectivity index (χ0n) is 20.8. The fraction of sp³-hybridized carbons (Fsp3) is 0.107. The lowest BCUT2D eigenvalue weighted by atomic mass is 10.0. The first-order valence-electron chi connectivity index (χ1n) is 11.8. The Morgan fingerprint density at radius 1 is 0.949 bits per heavy atom. The minimum Gasteiger partial charge on any atom is -0.342 e. The molecule has 5 rings (SSSR count). The molecule has 0 bridgehead atoms. The number of imidazole rings is 1. The summed E-state index contributed by atoms with van der Waals surface area (Å²) >= 11 is 0. The van der Waals surface area contributed by atoms with Crippen molar-refractivity contribution < 1.29 is 18.0 Å². The van der Waals surface area contributed by atoms with Gasteiger partial charge in [-0.1, -0.05) is 6.07 Å². The number of hydrogen-bond acceptors (Lipinski definition) is 6.